The standard InChI is InChI=1S/C13H9Br2NS/c14-11-3-1-10(2-4-11)9-16-17-13-7-5-12(15)6-8-13/h1-9H/b16-9+. The second-order valence-electron chi connectivity index (χ2n) is 3.33. The third-order valence-corrected chi connectivity index (χ3v) is 3.79. The van der Waals surface area contributed by atoms with E-state index in [9.17, 15) is 0 Å². The van der Waals surface area contributed by atoms with E-state index in [0.717, 1.165) is 19.4 Å². The normalized spacial score (nSPS) is 10.9. The van der Waals surface area contributed by atoms with Gasteiger partial charge in [-0.3, -0.25) is 0 Å². The fourth-order valence-corrected chi connectivity index (χ4v) is 2.27. The minimum atomic E-state index is 1.08. The molecule has 0 bridgehead atoms. The molecule has 0 fully saturated rings. The van der Waals surface area contributed by atoms with Crippen molar-refractivity contribution >= 4 is 50.0 Å². The molecule has 0 heterocycles. The molecule has 0 aliphatic heterocycles. The lowest BCUT2D eigenvalue weighted by Gasteiger charge is -1.96. The molecule has 0 saturated carbocycles. The van der Waals surface area contributed by atoms with Gasteiger partial charge in [-0.2, -0.15) is 0 Å². The number of benzene rings is 2. The van der Waals surface area contributed by atoms with Crippen molar-refractivity contribution in [2.75, 3.05) is 0 Å². The van der Waals surface area contributed by atoms with Crippen LogP contribution in [0.4, 0.5) is 0 Å². The highest BCUT2D eigenvalue weighted by molar-refractivity contribution is 9.10. The highest BCUT2D eigenvalue weighted by Crippen LogP contribution is 2.21. The molecule has 0 atom stereocenters. The van der Waals surface area contributed by atoms with Crippen LogP contribution in [-0.2, 0) is 0 Å². The zero-order valence-corrected chi connectivity index (χ0v) is 12.8. The SMILES string of the molecule is Brc1ccc(/C=N/Sc2ccc(Br)cc2)cc1. The average Bonchev–Trinajstić information content (AvgIpc) is 2.34. The second-order valence-corrected chi connectivity index (χ2v) is 6.03. The zero-order valence-electron chi connectivity index (χ0n) is 8.81. The van der Waals surface area contributed by atoms with E-state index in [-0.39, 0.29) is 0 Å². The molecule has 0 aliphatic carbocycles. The van der Waals surface area contributed by atoms with E-state index in [4.69, 9.17) is 0 Å². The molecule has 17 heavy (non-hydrogen) atoms. The molecule has 0 radical (unpaired) electrons. The van der Waals surface area contributed by atoms with E-state index < -0.39 is 0 Å². The van der Waals surface area contributed by atoms with Crippen LogP contribution < -0.4 is 0 Å². The van der Waals surface area contributed by atoms with Gasteiger partial charge >= 0.3 is 0 Å². The van der Waals surface area contributed by atoms with Crippen molar-refractivity contribution in [1.82, 2.24) is 0 Å². The third-order valence-electron chi connectivity index (χ3n) is 2.04. The number of hydrogen-bond donors (Lipinski definition) is 0. The average molecular weight is 371 g/mol. The highest BCUT2D eigenvalue weighted by atomic mass is 79.9. The van der Waals surface area contributed by atoms with Crippen LogP contribution in [0.15, 0.2) is 66.8 Å². The van der Waals surface area contributed by atoms with Crippen molar-refractivity contribution in [1.29, 1.82) is 0 Å². The summed E-state index contributed by atoms with van der Waals surface area (Å²) >= 11 is 8.27. The molecule has 2 aromatic rings. The summed E-state index contributed by atoms with van der Waals surface area (Å²) in [6, 6.07) is 16.2. The summed E-state index contributed by atoms with van der Waals surface area (Å²) < 4.78 is 6.49. The van der Waals surface area contributed by atoms with Gasteiger partial charge in [-0.1, -0.05) is 44.0 Å². The van der Waals surface area contributed by atoms with Crippen molar-refractivity contribution in [2.45, 2.75) is 4.90 Å². The van der Waals surface area contributed by atoms with Crippen molar-refractivity contribution in [2.24, 2.45) is 4.40 Å². The quantitative estimate of drug-likeness (QED) is 0.524. The molecule has 86 valence electrons. The Bertz CT molecular complexity index is 506. The van der Waals surface area contributed by atoms with Crippen molar-refractivity contribution < 1.29 is 0 Å². The van der Waals surface area contributed by atoms with Crippen LogP contribution in [0, 0.1) is 0 Å². The Labute approximate surface area is 122 Å². The fraction of sp³-hybridized carbons (Fsp3) is 0. The van der Waals surface area contributed by atoms with E-state index in [1.54, 1.807) is 0 Å². The van der Waals surface area contributed by atoms with Gasteiger partial charge in [0.1, 0.15) is 0 Å². The minimum absolute atomic E-state index is 1.08. The molecular formula is C13H9Br2NS. The smallest absolute Gasteiger partial charge is 0.0428 e. The largest absolute Gasteiger partial charge is 0.219 e. The Hall–Kier alpha value is -0.580. The predicted molar refractivity (Wildman–Crippen MR) is 81.7 cm³/mol. The van der Waals surface area contributed by atoms with Crippen LogP contribution in [0.5, 0.6) is 0 Å². The molecule has 0 amide bonds. The molecule has 0 spiro atoms. The number of rotatable bonds is 3. The molecule has 0 aliphatic rings. The van der Waals surface area contributed by atoms with Gasteiger partial charge in [0.15, 0.2) is 0 Å². The number of hydrogen-bond acceptors (Lipinski definition) is 2. The maximum absolute atomic E-state index is 4.33. The molecular weight excluding hydrogens is 362 g/mol. The van der Waals surface area contributed by atoms with Crippen molar-refractivity contribution in [3.63, 3.8) is 0 Å². The molecule has 0 aromatic heterocycles. The van der Waals surface area contributed by atoms with Crippen LogP contribution in [-0.4, -0.2) is 6.21 Å². The first-order valence-corrected chi connectivity index (χ1v) is 7.31. The Kier molecular flexibility index (Phi) is 4.83. The van der Waals surface area contributed by atoms with Crippen molar-refractivity contribution in [3.05, 3.63) is 63.0 Å². The Balaban J connectivity index is 1.97. The van der Waals surface area contributed by atoms with Crippen LogP contribution in [0.2, 0.25) is 0 Å². The van der Waals surface area contributed by atoms with Crippen LogP contribution in [0.3, 0.4) is 0 Å². The second kappa shape index (κ2) is 6.38. The van der Waals surface area contributed by atoms with E-state index in [1.807, 2.05) is 54.7 Å². The van der Waals surface area contributed by atoms with Gasteiger partial charge in [-0.15, -0.1) is 0 Å². The number of halogens is 2. The molecule has 2 aromatic carbocycles. The molecule has 0 N–H and O–H groups in total. The Morgan fingerprint density at radius 1 is 0.824 bits per heavy atom. The van der Waals surface area contributed by atoms with Gasteiger partial charge in [0.2, 0.25) is 0 Å². The van der Waals surface area contributed by atoms with E-state index in [0.29, 0.717) is 0 Å². The zero-order chi connectivity index (χ0) is 12.1. The monoisotopic (exact) mass is 369 g/mol. The van der Waals surface area contributed by atoms with Crippen LogP contribution in [0.1, 0.15) is 5.56 Å². The maximum Gasteiger partial charge on any atom is 0.0428 e. The lowest BCUT2D eigenvalue weighted by atomic mass is 10.2. The van der Waals surface area contributed by atoms with Gasteiger partial charge in [0.25, 0.3) is 0 Å². The first-order chi connectivity index (χ1) is 8.24. The van der Waals surface area contributed by atoms with Gasteiger partial charge < -0.3 is 0 Å². The maximum atomic E-state index is 4.33. The molecule has 2 rings (SSSR count). The topological polar surface area (TPSA) is 12.4 Å². The highest BCUT2D eigenvalue weighted by Gasteiger charge is 1.92. The summed E-state index contributed by atoms with van der Waals surface area (Å²) in [5.74, 6) is 0. The lowest BCUT2D eigenvalue weighted by Crippen LogP contribution is -1.78. The molecule has 1 nitrogen and oxygen atoms in total. The summed E-state index contributed by atoms with van der Waals surface area (Å²) in [5, 5.41) is 0. The van der Waals surface area contributed by atoms with Gasteiger partial charge in [0.05, 0.1) is 0 Å². The number of nitrogens with zero attached hydrogens (tertiary/aromatic N) is 1. The third kappa shape index (κ3) is 4.30. The van der Waals surface area contributed by atoms with Gasteiger partial charge in [0, 0.05) is 32.0 Å². The summed E-state index contributed by atoms with van der Waals surface area (Å²) in [7, 11) is 0. The first-order valence-electron chi connectivity index (χ1n) is 4.95. The van der Waals surface area contributed by atoms with Crippen molar-refractivity contribution in [3.8, 4) is 0 Å². The van der Waals surface area contributed by atoms with Gasteiger partial charge in [-0.05, 0) is 42.0 Å². The minimum Gasteiger partial charge on any atom is -0.219 e. The predicted octanol–water partition coefficient (Wildman–Crippen LogP) is 5.34. The first kappa shape index (κ1) is 12.9. The molecule has 0 saturated heterocycles. The fourth-order valence-electron chi connectivity index (χ4n) is 1.19. The van der Waals surface area contributed by atoms with Crippen LogP contribution >= 0.6 is 43.8 Å². The van der Waals surface area contributed by atoms with Gasteiger partial charge in [-0.25, -0.2) is 4.40 Å². The summed E-state index contributed by atoms with van der Waals surface area (Å²) in [5.41, 5.74) is 1.10. The summed E-state index contributed by atoms with van der Waals surface area (Å²) in [6.45, 7) is 0. The Morgan fingerprint density at radius 2 is 1.35 bits per heavy atom. The van der Waals surface area contributed by atoms with Crippen LogP contribution in [0.25, 0.3) is 0 Å². The Morgan fingerprint density at radius 3 is 1.94 bits per heavy atom. The van der Waals surface area contributed by atoms with E-state index in [2.05, 4.69) is 36.3 Å². The summed E-state index contributed by atoms with van der Waals surface area (Å²) in [6.07, 6.45) is 1.86. The molecule has 0 unspecified atom stereocenters. The summed E-state index contributed by atoms with van der Waals surface area (Å²) in [4.78, 5) is 1.13. The lowest BCUT2D eigenvalue weighted by molar-refractivity contribution is 1.44. The van der Waals surface area contributed by atoms with E-state index in [1.165, 1.54) is 11.9 Å². The molecule has 4 heteroatoms. The van der Waals surface area contributed by atoms with E-state index >= 15 is 0 Å².